The van der Waals surface area contributed by atoms with Crippen molar-refractivity contribution in [1.82, 2.24) is 10.2 Å². The van der Waals surface area contributed by atoms with Crippen LogP contribution < -0.4 is 5.32 Å². The molecular weight excluding hydrogens is 280 g/mol. The van der Waals surface area contributed by atoms with Gasteiger partial charge in [-0.3, -0.25) is 0 Å². The Balaban J connectivity index is 2.04. The maximum atomic E-state index is 6.01. The number of hydrogen-bond donors (Lipinski definition) is 1. The molecular formula is C18H29ClN2. The van der Waals surface area contributed by atoms with E-state index in [9.17, 15) is 0 Å². The number of likely N-dealkylation sites (N-methyl/N-ethyl adjacent to an activating group) is 1. The van der Waals surface area contributed by atoms with Gasteiger partial charge in [0.1, 0.15) is 0 Å². The first kappa shape index (κ1) is 16.8. The average molecular weight is 309 g/mol. The Morgan fingerprint density at radius 3 is 2.33 bits per heavy atom. The second-order valence-corrected chi connectivity index (χ2v) is 7.04. The van der Waals surface area contributed by atoms with E-state index in [-0.39, 0.29) is 0 Å². The molecule has 1 N–H and O–H groups in total. The van der Waals surface area contributed by atoms with Gasteiger partial charge in [-0.15, -0.1) is 0 Å². The van der Waals surface area contributed by atoms with E-state index >= 15 is 0 Å². The van der Waals surface area contributed by atoms with Crippen molar-refractivity contribution >= 4 is 11.6 Å². The minimum absolute atomic E-state index is 0.346. The number of nitrogens with zero attached hydrogens (tertiary/aromatic N) is 1. The molecule has 1 unspecified atom stereocenters. The highest BCUT2D eigenvalue weighted by molar-refractivity contribution is 6.30. The fourth-order valence-corrected chi connectivity index (χ4v) is 3.62. The summed E-state index contributed by atoms with van der Waals surface area (Å²) in [5.74, 6) is 0. The fourth-order valence-electron chi connectivity index (χ4n) is 3.50. The van der Waals surface area contributed by atoms with E-state index in [1.165, 1.54) is 44.1 Å². The van der Waals surface area contributed by atoms with Crippen LogP contribution in [0.3, 0.4) is 0 Å². The standard InChI is InChI=1S/C18H29ClN2/c1-4-7-17(15-8-10-16(19)11-9-15)20-14-18(21(2)3)12-5-6-13-18/h8-11,17,20H,4-7,12-14H2,1-3H3. The van der Waals surface area contributed by atoms with Gasteiger partial charge in [-0.1, -0.05) is 49.9 Å². The molecule has 1 aliphatic rings. The summed E-state index contributed by atoms with van der Waals surface area (Å²) in [6.07, 6.45) is 7.71. The Labute approximate surface area is 134 Å². The summed E-state index contributed by atoms with van der Waals surface area (Å²) in [5.41, 5.74) is 1.70. The lowest BCUT2D eigenvalue weighted by molar-refractivity contribution is 0.148. The number of benzene rings is 1. The van der Waals surface area contributed by atoms with E-state index in [0.29, 0.717) is 11.6 Å². The third-order valence-corrected chi connectivity index (χ3v) is 5.26. The predicted octanol–water partition coefficient (Wildman–Crippen LogP) is 4.65. The van der Waals surface area contributed by atoms with Crippen LogP contribution in [0.25, 0.3) is 0 Å². The second-order valence-electron chi connectivity index (χ2n) is 6.60. The number of halogens is 1. The lowest BCUT2D eigenvalue weighted by Gasteiger charge is -2.38. The predicted molar refractivity (Wildman–Crippen MR) is 92.0 cm³/mol. The van der Waals surface area contributed by atoms with Crippen LogP contribution in [0.4, 0.5) is 0 Å². The molecule has 1 atom stereocenters. The Kier molecular flexibility index (Phi) is 6.09. The molecule has 1 aliphatic carbocycles. The van der Waals surface area contributed by atoms with Crippen LogP contribution in [0.15, 0.2) is 24.3 Å². The SMILES string of the molecule is CCCC(NCC1(N(C)C)CCCC1)c1ccc(Cl)cc1. The molecule has 1 aromatic carbocycles. The molecule has 2 nitrogen and oxygen atoms in total. The third-order valence-electron chi connectivity index (χ3n) is 5.01. The molecule has 0 heterocycles. The first-order valence-electron chi connectivity index (χ1n) is 8.24. The van der Waals surface area contributed by atoms with E-state index in [2.05, 4.69) is 43.4 Å². The van der Waals surface area contributed by atoms with Crippen molar-refractivity contribution in [2.24, 2.45) is 0 Å². The maximum absolute atomic E-state index is 6.01. The van der Waals surface area contributed by atoms with Crippen molar-refractivity contribution in [2.45, 2.75) is 57.0 Å². The molecule has 21 heavy (non-hydrogen) atoms. The number of hydrogen-bond acceptors (Lipinski definition) is 2. The molecule has 0 spiro atoms. The van der Waals surface area contributed by atoms with Crippen molar-refractivity contribution < 1.29 is 0 Å². The molecule has 3 heteroatoms. The molecule has 0 amide bonds. The average Bonchev–Trinajstić information content (AvgIpc) is 2.95. The molecule has 0 radical (unpaired) electrons. The van der Waals surface area contributed by atoms with Crippen molar-refractivity contribution in [3.8, 4) is 0 Å². The molecule has 0 saturated heterocycles. The van der Waals surface area contributed by atoms with Gasteiger partial charge in [-0.05, 0) is 51.1 Å². The van der Waals surface area contributed by atoms with Gasteiger partial charge in [0.05, 0.1) is 0 Å². The minimum Gasteiger partial charge on any atom is -0.308 e. The fraction of sp³-hybridized carbons (Fsp3) is 0.667. The number of nitrogens with one attached hydrogen (secondary N) is 1. The monoisotopic (exact) mass is 308 g/mol. The smallest absolute Gasteiger partial charge is 0.0406 e. The van der Waals surface area contributed by atoms with Gasteiger partial charge in [0, 0.05) is 23.1 Å². The summed E-state index contributed by atoms with van der Waals surface area (Å²) in [6.45, 7) is 3.33. The second kappa shape index (κ2) is 7.62. The Bertz CT molecular complexity index is 421. The highest BCUT2D eigenvalue weighted by atomic mass is 35.5. The van der Waals surface area contributed by atoms with E-state index in [1.807, 2.05) is 12.1 Å². The first-order chi connectivity index (χ1) is 10.1. The van der Waals surface area contributed by atoms with E-state index in [0.717, 1.165) is 11.6 Å². The largest absolute Gasteiger partial charge is 0.308 e. The van der Waals surface area contributed by atoms with E-state index in [1.54, 1.807) is 0 Å². The first-order valence-corrected chi connectivity index (χ1v) is 8.61. The Morgan fingerprint density at radius 1 is 1.19 bits per heavy atom. The molecule has 1 saturated carbocycles. The maximum Gasteiger partial charge on any atom is 0.0406 e. The Hall–Kier alpha value is -0.570. The molecule has 1 aromatic rings. The van der Waals surface area contributed by atoms with Gasteiger partial charge in [0.2, 0.25) is 0 Å². The minimum atomic E-state index is 0.346. The Morgan fingerprint density at radius 2 is 1.81 bits per heavy atom. The third kappa shape index (κ3) is 4.21. The van der Waals surface area contributed by atoms with Crippen LogP contribution in [0.2, 0.25) is 5.02 Å². The molecule has 118 valence electrons. The summed E-state index contributed by atoms with van der Waals surface area (Å²) in [5, 5.41) is 4.65. The summed E-state index contributed by atoms with van der Waals surface area (Å²) in [4.78, 5) is 2.43. The zero-order valence-corrected chi connectivity index (χ0v) is 14.4. The van der Waals surface area contributed by atoms with Gasteiger partial charge in [-0.2, -0.15) is 0 Å². The van der Waals surface area contributed by atoms with Gasteiger partial charge in [0.25, 0.3) is 0 Å². The van der Waals surface area contributed by atoms with Gasteiger partial charge >= 0.3 is 0 Å². The van der Waals surface area contributed by atoms with Crippen molar-refractivity contribution in [2.75, 3.05) is 20.6 Å². The summed E-state index contributed by atoms with van der Waals surface area (Å²) in [7, 11) is 4.45. The van der Waals surface area contributed by atoms with Crippen LogP contribution in [0.1, 0.15) is 57.1 Å². The summed E-state index contributed by atoms with van der Waals surface area (Å²) in [6, 6.07) is 8.75. The quantitative estimate of drug-likeness (QED) is 0.789. The van der Waals surface area contributed by atoms with E-state index < -0.39 is 0 Å². The van der Waals surface area contributed by atoms with Gasteiger partial charge in [0.15, 0.2) is 0 Å². The lowest BCUT2D eigenvalue weighted by Crippen LogP contribution is -2.50. The lowest BCUT2D eigenvalue weighted by atomic mass is 9.94. The molecule has 0 bridgehead atoms. The van der Waals surface area contributed by atoms with Crippen molar-refractivity contribution in [3.63, 3.8) is 0 Å². The van der Waals surface area contributed by atoms with Crippen molar-refractivity contribution in [1.29, 1.82) is 0 Å². The van der Waals surface area contributed by atoms with Crippen LogP contribution >= 0.6 is 11.6 Å². The van der Waals surface area contributed by atoms with Gasteiger partial charge in [-0.25, -0.2) is 0 Å². The molecule has 2 rings (SSSR count). The van der Waals surface area contributed by atoms with E-state index in [4.69, 9.17) is 11.6 Å². The highest BCUT2D eigenvalue weighted by Crippen LogP contribution is 2.34. The van der Waals surface area contributed by atoms with Crippen molar-refractivity contribution in [3.05, 3.63) is 34.9 Å². The normalized spacial score (nSPS) is 19.1. The summed E-state index contributed by atoms with van der Waals surface area (Å²) >= 11 is 6.01. The van der Waals surface area contributed by atoms with Crippen LogP contribution in [-0.4, -0.2) is 31.1 Å². The van der Waals surface area contributed by atoms with Crippen LogP contribution in [0, 0.1) is 0 Å². The zero-order valence-electron chi connectivity index (χ0n) is 13.7. The topological polar surface area (TPSA) is 15.3 Å². The zero-order chi connectivity index (χ0) is 15.3. The summed E-state index contributed by atoms with van der Waals surface area (Å²) < 4.78 is 0. The molecule has 0 aromatic heterocycles. The molecule has 1 fully saturated rings. The van der Waals surface area contributed by atoms with Crippen LogP contribution in [0.5, 0.6) is 0 Å². The number of rotatable bonds is 7. The van der Waals surface area contributed by atoms with Gasteiger partial charge < -0.3 is 10.2 Å². The molecule has 0 aliphatic heterocycles. The highest BCUT2D eigenvalue weighted by Gasteiger charge is 2.36. The van der Waals surface area contributed by atoms with Crippen LogP contribution in [-0.2, 0) is 0 Å².